The number of hydrogen-bond donors (Lipinski definition) is 2. The van der Waals surface area contributed by atoms with Gasteiger partial charge in [-0.2, -0.15) is 0 Å². The highest BCUT2D eigenvalue weighted by atomic mass is 16.2. The second kappa shape index (κ2) is 10.3. The zero-order valence-electron chi connectivity index (χ0n) is 18.4. The molecule has 2 fully saturated rings. The maximum absolute atomic E-state index is 12.5. The van der Waals surface area contributed by atoms with Crippen molar-refractivity contribution in [2.24, 2.45) is 10.9 Å². The molecular weight excluding hydrogens is 374 g/mol. The number of carbonyl (C=O) groups is 1. The molecule has 6 nitrogen and oxygen atoms in total. The van der Waals surface area contributed by atoms with Crippen LogP contribution in [-0.2, 0) is 17.9 Å². The van der Waals surface area contributed by atoms with Crippen molar-refractivity contribution in [3.05, 3.63) is 35.4 Å². The number of rotatable bonds is 7. The Bertz CT molecular complexity index is 718. The lowest BCUT2D eigenvalue weighted by molar-refractivity contribution is -0.131. The highest BCUT2D eigenvalue weighted by molar-refractivity contribution is 5.80. The first-order chi connectivity index (χ1) is 14.7. The molecule has 30 heavy (non-hydrogen) atoms. The van der Waals surface area contributed by atoms with Crippen LogP contribution < -0.4 is 10.6 Å². The highest BCUT2D eigenvalue weighted by Gasteiger charge is 2.26. The molecule has 1 aromatic rings. The van der Waals surface area contributed by atoms with E-state index in [1.165, 1.54) is 56.3 Å². The Morgan fingerprint density at radius 3 is 2.57 bits per heavy atom. The molecule has 1 unspecified atom stereocenters. The number of nitrogens with one attached hydrogen (secondary N) is 2. The van der Waals surface area contributed by atoms with E-state index >= 15 is 0 Å². The first-order valence-electron chi connectivity index (χ1n) is 11.8. The summed E-state index contributed by atoms with van der Waals surface area (Å²) in [6.07, 6.45) is 8.26. The molecule has 1 aliphatic carbocycles. The first kappa shape index (κ1) is 21.2. The molecule has 1 atom stereocenters. The van der Waals surface area contributed by atoms with Crippen molar-refractivity contribution < 1.29 is 4.79 Å². The molecule has 4 rings (SSSR count). The summed E-state index contributed by atoms with van der Waals surface area (Å²) in [5.74, 6) is 2.03. The monoisotopic (exact) mass is 411 g/mol. The zero-order chi connectivity index (χ0) is 20.8. The van der Waals surface area contributed by atoms with Crippen LogP contribution in [0.15, 0.2) is 29.3 Å². The quantitative estimate of drug-likeness (QED) is 0.412. The minimum absolute atomic E-state index is 0.245. The zero-order valence-corrected chi connectivity index (χ0v) is 18.4. The van der Waals surface area contributed by atoms with Crippen molar-refractivity contribution in [3.63, 3.8) is 0 Å². The van der Waals surface area contributed by atoms with Crippen LogP contribution in [-0.4, -0.2) is 60.9 Å². The fourth-order valence-corrected chi connectivity index (χ4v) is 5.18. The van der Waals surface area contributed by atoms with E-state index in [0.29, 0.717) is 12.5 Å². The van der Waals surface area contributed by atoms with Gasteiger partial charge in [0.1, 0.15) is 0 Å². The molecule has 2 aliphatic heterocycles. The summed E-state index contributed by atoms with van der Waals surface area (Å²) in [6, 6.07) is 8.82. The smallest absolute Gasteiger partial charge is 0.223 e. The molecular formula is C24H37N5O. The van der Waals surface area contributed by atoms with Crippen LogP contribution in [0.1, 0.15) is 56.1 Å². The Morgan fingerprint density at radius 1 is 1.13 bits per heavy atom. The number of nitrogens with zero attached hydrogens (tertiary/aromatic N) is 3. The van der Waals surface area contributed by atoms with Gasteiger partial charge >= 0.3 is 0 Å². The molecule has 2 N–H and O–H groups in total. The van der Waals surface area contributed by atoms with Gasteiger partial charge in [0.15, 0.2) is 5.96 Å². The molecule has 1 saturated heterocycles. The standard InChI is InChI=1S/C24H37N5O/c1-25-24(27-22-12-14-28(18-22)15-19-7-2-3-8-19)26-13-6-11-23(30)29-16-20-9-4-5-10-21(20)17-29/h4-5,9-10,19,22H,2-3,6-8,11-18H2,1H3,(H2,25,26,27). The van der Waals surface area contributed by atoms with E-state index in [-0.39, 0.29) is 5.91 Å². The third-order valence-corrected chi connectivity index (χ3v) is 6.88. The third-order valence-electron chi connectivity index (χ3n) is 6.88. The summed E-state index contributed by atoms with van der Waals surface area (Å²) in [7, 11) is 1.83. The van der Waals surface area contributed by atoms with Gasteiger partial charge in [0.2, 0.25) is 5.91 Å². The lowest BCUT2D eigenvalue weighted by Crippen LogP contribution is -2.45. The summed E-state index contributed by atoms with van der Waals surface area (Å²) in [6.45, 7) is 5.86. The molecule has 0 radical (unpaired) electrons. The third kappa shape index (κ3) is 5.54. The fourth-order valence-electron chi connectivity index (χ4n) is 5.18. The van der Waals surface area contributed by atoms with Gasteiger partial charge in [-0.1, -0.05) is 37.1 Å². The van der Waals surface area contributed by atoms with Crippen LogP contribution in [0.5, 0.6) is 0 Å². The van der Waals surface area contributed by atoms with Crippen LogP contribution in [0.25, 0.3) is 0 Å². The Kier molecular flexibility index (Phi) is 7.26. The minimum atomic E-state index is 0.245. The van der Waals surface area contributed by atoms with E-state index < -0.39 is 0 Å². The van der Waals surface area contributed by atoms with Crippen molar-refractivity contribution in [1.82, 2.24) is 20.4 Å². The topological polar surface area (TPSA) is 60.0 Å². The van der Waals surface area contributed by atoms with Gasteiger partial charge in [0.25, 0.3) is 0 Å². The van der Waals surface area contributed by atoms with Gasteiger partial charge in [0.05, 0.1) is 0 Å². The second-order valence-corrected chi connectivity index (χ2v) is 9.16. The summed E-state index contributed by atoms with van der Waals surface area (Å²) in [4.78, 5) is 21.5. The molecule has 0 spiro atoms. The Labute approximate surface area is 181 Å². The van der Waals surface area contributed by atoms with Gasteiger partial charge in [-0.3, -0.25) is 9.79 Å². The molecule has 3 aliphatic rings. The van der Waals surface area contributed by atoms with E-state index in [2.05, 4.69) is 32.7 Å². The fraction of sp³-hybridized carbons (Fsp3) is 0.667. The Hall–Kier alpha value is -2.08. The lowest BCUT2D eigenvalue weighted by Gasteiger charge is -2.21. The Balaban J connectivity index is 1.11. The number of amides is 1. The first-order valence-corrected chi connectivity index (χ1v) is 11.8. The van der Waals surface area contributed by atoms with Gasteiger partial charge in [0, 0.05) is 58.8 Å². The minimum Gasteiger partial charge on any atom is -0.356 e. The van der Waals surface area contributed by atoms with Gasteiger partial charge < -0.3 is 20.4 Å². The largest absolute Gasteiger partial charge is 0.356 e. The van der Waals surface area contributed by atoms with Crippen LogP contribution in [0.4, 0.5) is 0 Å². The van der Waals surface area contributed by atoms with Crippen LogP contribution in [0.2, 0.25) is 0 Å². The van der Waals surface area contributed by atoms with E-state index in [9.17, 15) is 4.79 Å². The molecule has 164 valence electrons. The number of benzene rings is 1. The maximum Gasteiger partial charge on any atom is 0.223 e. The molecule has 0 bridgehead atoms. The van der Waals surface area contributed by atoms with E-state index in [4.69, 9.17) is 0 Å². The number of carbonyl (C=O) groups excluding carboxylic acids is 1. The molecule has 1 aromatic carbocycles. The number of aliphatic imine (C=N–C) groups is 1. The average Bonchev–Trinajstić information content (AvgIpc) is 3.51. The van der Waals surface area contributed by atoms with Crippen molar-refractivity contribution in [3.8, 4) is 0 Å². The van der Waals surface area contributed by atoms with Crippen LogP contribution >= 0.6 is 0 Å². The molecule has 1 saturated carbocycles. The number of fused-ring (bicyclic) bond motifs is 1. The van der Waals surface area contributed by atoms with Crippen molar-refractivity contribution in [1.29, 1.82) is 0 Å². The average molecular weight is 412 g/mol. The molecule has 2 heterocycles. The van der Waals surface area contributed by atoms with Gasteiger partial charge in [-0.15, -0.1) is 0 Å². The van der Waals surface area contributed by atoms with E-state index in [1.807, 2.05) is 24.1 Å². The molecule has 6 heteroatoms. The number of guanidine groups is 1. The summed E-state index contributed by atoms with van der Waals surface area (Å²) in [5, 5.41) is 6.97. The summed E-state index contributed by atoms with van der Waals surface area (Å²) < 4.78 is 0. The second-order valence-electron chi connectivity index (χ2n) is 9.16. The number of likely N-dealkylation sites (tertiary alicyclic amines) is 1. The van der Waals surface area contributed by atoms with Crippen LogP contribution in [0.3, 0.4) is 0 Å². The van der Waals surface area contributed by atoms with Crippen LogP contribution in [0, 0.1) is 5.92 Å². The van der Waals surface area contributed by atoms with Gasteiger partial charge in [-0.25, -0.2) is 0 Å². The Morgan fingerprint density at radius 2 is 1.87 bits per heavy atom. The summed E-state index contributed by atoms with van der Waals surface area (Å²) in [5.41, 5.74) is 2.57. The summed E-state index contributed by atoms with van der Waals surface area (Å²) >= 11 is 0. The predicted octanol–water partition coefficient (Wildman–Crippen LogP) is 2.74. The van der Waals surface area contributed by atoms with Crippen molar-refractivity contribution in [2.45, 2.75) is 64.1 Å². The molecule has 1 amide bonds. The van der Waals surface area contributed by atoms with Gasteiger partial charge in [-0.05, 0) is 42.7 Å². The lowest BCUT2D eigenvalue weighted by atomic mass is 10.1. The molecule has 0 aromatic heterocycles. The maximum atomic E-state index is 12.5. The van der Waals surface area contributed by atoms with E-state index in [1.54, 1.807) is 0 Å². The van der Waals surface area contributed by atoms with Crippen molar-refractivity contribution in [2.75, 3.05) is 33.2 Å². The SMILES string of the molecule is CN=C(NCCCC(=O)N1Cc2ccccc2C1)NC1CCN(CC2CCCC2)C1. The predicted molar refractivity (Wildman–Crippen MR) is 121 cm³/mol. The van der Waals surface area contributed by atoms with E-state index in [0.717, 1.165) is 44.5 Å². The highest BCUT2D eigenvalue weighted by Crippen LogP contribution is 2.26. The van der Waals surface area contributed by atoms with Crippen molar-refractivity contribution >= 4 is 11.9 Å². The normalized spacial score (nSPS) is 22.5. The number of hydrogen-bond acceptors (Lipinski definition) is 3.